The van der Waals surface area contributed by atoms with Crippen LogP contribution >= 0.6 is 0 Å². The van der Waals surface area contributed by atoms with Gasteiger partial charge in [-0.25, -0.2) is 4.98 Å². The van der Waals surface area contributed by atoms with Crippen molar-refractivity contribution in [3.8, 4) is 0 Å². The van der Waals surface area contributed by atoms with Crippen LogP contribution in [0.15, 0.2) is 41.3 Å². The Morgan fingerprint density at radius 1 is 1.42 bits per heavy atom. The smallest absolute Gasteiger partial charge is 0.251 e. The Labute approximate surface area is 112 Å². The van der Waals surface area contributed by atoms with Crippen LogP contribution < -0.4 is 10.6 Å². The van der Waals surface area contributed by atoms with Crippen molar-refractivity contribution in [3.63, 3.8) is 0 Å². The van der Waals surface area contributed by atoms with Crippen molar-refractivity contribution in [2.45, 2.75) is 19.9 Å². The Kier molecular flexibility index (Phi) is 4.55. The maximum absolute atomic E-state index is 11.8. The second kappa shape index (κ2) is 6.58. The maximum Gasteiger partial charge on any atom is 0.251 e. The topological polar surface area (TPSA) is 67.2 Å². The molecule has 0 fully saturated rings. The highest BCUT2D eigenvalue weighted by atomic mass is 16.3. The molecular formula is C14H17N3O2. The zero-order valence-electron chi connectivity index (χ0n) is 10.8. The third-order valence-corrected chi connectivity index (χ3v) is 2.61. The van der Waals surface area contributed by atoms with Crippen molar-refractivity contribution in [1.82, 2.24) is 10.3 Å². The molecule has 5 heteroatoms. The van der Waals surface area contributed by atoms with Gasteiger partial charge in [0.05, 0.1) is 12.7 Å². The Morgan fingerprint density at radius 2 is 2.32 bits per heavy atom. The van der Waals surface area contributed by atoms with E-state index in [0.717, 1.165) is 17.9 Å². The van der Waals surface area contributed by atoms with Gasteiger partial charge in [0.25, 0.3) is 5.91 Å². The molecule has 0 radical (unpaired) electrons. The predicted molar refractivity (Wildman–Crippen MR) is 72.9 cm³/mol. The van der Waals surface area contributed by atoms with Crippen LogP contribution in [0, 0.1) is 0 Å². The van der Waals surface area contributed by atoms with Crippen LogP contribution in [0.4, 0.5) is 5.69 Å². The summed E-state index contributed by atoms with van der Waals surface area (Å²) in [6, 6.07) is 7.38. The normalized spacial score (nSPS) is 10.2. The molecule has 19 heavy (non-hydrogen) atoms. The van der Waals surface area contributed by atoms with Gasteiger partial charge < -0.3 is 15.1 Å². The number of nitrogens with zero attached hydrogens (tertiary/aromatic N) is 1. The fraction of sp³-hybridized carbons (Fsp3) is 0.286. The molecule has 0 aliphatic heterocycles. The molecule has 0 saturated heterocycles. The van der Waals surface area contributed by atoms with Gasteiger partial charge in [-0.3, -0.25) is 4.79 Å². The first-order valence-electron chi connectivity index (χ1n) is 6.29. The number of rotatable bonds is 6. The van der Waals surface area contributed by atoms with Crippen molar-refractivity contribution in [3.05, 3.63) is 48.2 Å². The van der Waals surface area contributed by atoms with E-state index >= 15 is 0 Å². The van der Waals surface area contributed by atoms with Crippen molar-refractivity contribution in [2.75, 3.05) is 11.9 Å². The Balaban J connectivity index is 1.96. The molecule has 2 rings (SSSR count). The van der Waals surface area contributed by atoms with E-state index in [1.807, 2.05) is 25.1 Å². The fourth-order valence-electron chi connectivity index (χ4n) is 1.63. The summed E-state index contributed by atoms with van der Waals surface area (Å²) in [6.07, 6.45) is 3.98. The number of amides is 1. The van der Waals surface area contributed by atoms with Crippen LogP contribution in [0.5, 0.6) is 0 Å². The van der Waals surface area contributed by atoms with Crippen molar-refractivity contribution in [2.24, 2.45) is 0 Å². The zero-order valence-corrected chi connectivity index (χ0v) is 10.8. The molecule has 0 aliphatic rings. The van der Waals surface area contributed by atoms with Crippen LogP contribution in [0.25, 0.3) is 0 Å². The average molecular weight is 259 g/mol. The molecule has 100 valence electrons. The summed E-state index contributed by atoms with van der Waals surface area (Å²) < 4.78 is 5.13. The SMILES string of the molecule is CCCNC(=O)c1cccc(NCc2cnco2)c1. The molecule has 2 N–H and O–H groups in total. The number of carbonyl (C=O) groups excluding carboxylic acids is 1. The highest BCUT2D eigenvalue weighted by Gasteiger charge is 2.05. The molecule has 5 nitrogen and oxygen atoms in total. The number of benzene rings is 1. The molecular weight excluding hydrogens is 242 g/mol. The summed E-state index contributed by atoms with van der Waals surface area (Å²) in [7, 11) is 0. The average Bonchev–Trinajstić information content (AvgIpc) is 2.96. The van der Waals surface area contributed by atoms with E-state index in [1.54, 1.807) is 12.3 Å². The van der Waals surface area contributed by atoms with Gasteiger partial charge in [-0.05, 0) is 24.6 Å². The number of oxazole rings is 1. The monoisotopic (exact) mass is 259 g/mol. The number of anilines is 1. The van der Waals surface area contributed by atoms with Gasteiger partial charge in [0.1, 0.15) is 5.76 Å². The van der Waals surface area contributed by atoms with Gasteiger partial charge in [-0.15, -0.1) is 0 Å². The largest absolute Gasteiger partial charge is 0.447 e. The zero-order chi connectivity index (χ0) is 13.5. The van der Waals surface area contributed by atoms with Crippen LogP contribution in [0.1, 0.15) is 29.5 Å². The summed E-state index contributed by atoms with van der Waals surface area (Å²) in [5.41, 5.74) is 1.52. The summed E-state index contributed by atoms with van der Waals surface area (Å²) in [5.74, 6) is 0.700. The molecule has 0 unspecified atom stereocenters. The summed E-state index contributed by atoms with van der Waals surface area (Å²) in [4.78, 5) is 15.7. The lowest BCUT2D eigenvalue weighted by Crippen LogP contribution is -2.23. The van der Waals surface area contributed by atoms with Crippen LogP contribution in [-0.2, 0) is 6.54 Å². The number of aromatic nitrogens is 1. The molecule has 0 spiro atoms. The van der Waals surface area contributed by atoms with Crippen molar-refractivity contribution < 1.29 is 9.21 Å². The van der Waals surface area contributed by atoms with Gasteiger partial charge in [0, 0.05) is 17.8 Å². The van der Waals surface area contributed by atoms with E-state index in [4.69, 9.17) is 4.42 Å². The summed E-state index contributed by atoms with van der Waals surface area (Å²) >= 11 is 0. The van der Waals surface area contributed by atoms with Gasteiger partial charge in [0.15, 0.2) is 6.39 Å². The van der Waals surface area contributed by atoms with E-state index < -0.39 is 0 Å². The van der Waals surface area contributed by atoms with E-state index in [0.29, 0.717) is 18.7 Å². The third kappa shape index (κ3) is 3.84. The van der Waals surface area contributed by atoms with Crippen LogP contribution in [-0.4, -0.2) is 17.4 Å². The minimum absolute atomic E-state index is 0.0508. The highest BCUT2D eigenvalue weighted by Crippen LogP contribution is 2.12. The molecule has 0 bridgehead atoms. The molecule has 2 aromatic rings. The lowest BCUT2D eigenvalue weighted by molar-refractivity contribution is 0.0953. The summed E-state index contributed by atoms with van der Waals surface area (Å²) in [6.45, 7) is 3.25. The van der Waals surface area contributed by atoms with Crippen molar-refractivity contribution in [1.29, 1.82) is 0 Å². The van der Waals surface area contributed by atoms with E-state index in [-0.39, 0.29) is 5.91 Å². The van der Waals surface area contributed by atoms with E-state index in [9.17, 15) is 4.79 Å². The van der Waals surface area contributed by atoms with Crippen LogP contribution in [0.2, 0.25) is 0 Å². The molecule has 1 aromatic heterocycles. The second-order valence-corrected chi connectivity index (χ2v) is 4.16. The highest BCUT2D eigenvalue weighted by molar-refractivity contribution is 5.95. The lowest BCUT2D eigenvalue weighted by Gasteiger charge is -2.07. The molecule has 1 heterocycles. The van der Waals surface area contributed by atoms with Gasteiger partial charge in [-0.1, -0.05) is 13.0 Å². The van der Waals surface area contributed by atoms with Gasteiger partial charge >= 0.3 is 0 Å². The number of nitrogens with one attached hydrogen (secondary N) is 2. The molecule has 0 atom stereocenters. The molecule has 1 amide bonds. The Hall–Kier alpha value is -2.30. The number of hydrogen-bond donors (Lipinski definition) is 2. The molecule has 0 aliphatic carbocycles. The predicted octanol–water partition coefficient (Wildman–Crippen LogP) is 2.43. The minimum Gasteiger partial charge on any atom is -0.447 e. The quantitative estimate of drug-likeness (QED) is 0.836. The minimum atomic E-state index is -0.0508. The fourth-order valence-corrected chi connectivity index (χ4v) is 1.63. The number of carbonyl (C=O) groups is 1. The lowest BCUT2D eigenvalue weighted by atomic mass is 10.2. The van der Waals surface area contributed by atoms with E-state index in [2.05, 4.69) is 15.6 Å². The summed E-state index contributed by atoms with van der Waals surface area (Å²) in [5, 5.41) is 6.03. The van der Waals surface area contributed by atoms with E-state index in [1.165, 1.54) is 6.39 Å². The van der Waals surface area contributed by atoms with Crippen LogP contribution in [0.3, 0.4) is 0 Å². The van der Waals surface area contributed by atoms with Crippen molar-refractivity contribution >= 4 is 11.6 Å². The maximum atomic E-state index is 11.8. The first-order valence-corrected chi connectivity index (χ1v) is 6.29. The first-order chi connectivity index (χ1) is 9.29. The van der Waals surface area contributed by atoms with Gasteiger partial charge in [0.2, 0.25) is 0 Å². The standard InChI is InChI=1S/C14H17N3O2/c1-2-6-16-14(18)11-4-3-5-12(7-11)17-9-13-8-15-10-19-13/h3-5,7-8,10,17H,2,6,9H2,1H3,(H,16,18). The number of hydrogen-bond acceptors (Lipinski definition) is 4. The first kappa shape index (κ1) is 13.1. The second-order valence-electron chi connectivity index (χ2n) is 4.16. The Morgan fingerprint density at radius 3 is 3.05 bits per heavy atom. The molecule has 0 saturated carbocycles. The van der Waals surface area contributed by atoms with Gasteiger partial charge in [-0.2, -0.15) is 0 Å². The molecule has 1 aromatic carbocycles. The third-order valence-electron chi connectivity index (χ3n) is 2.61. The Bertz CT molecular complexity index is 523.